The number of nitriles is 1. The van der Waals surface area contributed by atoms with Crippen LogP contribution in [0.25, 0.3) is 10.9 Å². The van der Waals surface area contributed by atoms with E-state index in [0.717, 1.165) is 5.39 Å². The molecule has 0 spiro atoms. The molecular weight excluding hydrogens is 274 g/mol. The molecule has 5 heteroatoms. The van der Waals surface area contributed by atoms with Crippen molar-refractivity contribution in [3.8, 4) is 6.07 Å². The number of benzene rings is 1. The lowest BCUT2D eigenvalue weighted by Gasteiger charge is -2.13. The number of pyridine rings is 1. The fourth-order valence-electron chi connectivity index (χ4n) is 1.92. The Morgan fingerprint density at radius 1 is 1.50 bits per heavy atom. The zero-order valence-electron chi connectivity index (χ0n) is 11.1. The maximum atomic E-state index is 12.1. The van der Waals surface area contributed by atoms with Crippen LogP contribution in [0.1, 0.15) is 30.3 Å². The summed E-state index contributed by atoms with van der Waals surface area (Å²) in [5.74, 6) is -0.306. The zero-order chi connectivity index (χ0) is 14.5. The molecule has 0 aliphatic rings. The molecule has 1 N–H and O–H groups in total. The van der Waals surface area contributed by atoms with E-state index in [4.69, 9.17) is 16.9 Å². The van der Waals surface area contributed by atoms with E-state index in [9.17, 15) is 4.79 Å². The van der Waals surface area contributed by atoms with Gasteiger partial charge in [-0.15, -0.1) is 0 Å². The number of nitrogens with one attached hydrogen (secondary N) is 1. The van der Waals surface area contributed by atoms with Crippen molar-refractivity contribution in [3.63, 3.8) is 0 Å². The van der Waals surface area contributed by atoms with Gasteiger partial charge < -0.3 is 5.32 Å². The third-order valence-corrected chi connectivity index (χ3v) is 3.38. The third kappa shape index (κ3) is 3.06. The third-order valence-electron chi connectivity index (χ3n) is 3.06. The van der Waals surface area contributed by atoms with Gasteiger partial charge in [-0.05, 0) is 18.6 Å². The summed E-state index contributed by atoms with van der Waals surface area (Å²) in [5.41, 5.74) is 0.948. The van der Waals surface area contributed by atoms with Gasteiger partial charge >= 0.3 is 0 Å². The molecule has 0 fully saturated rings. The summed E-state index contributed by atoms with van der Waals surface area (Å²) in [4.78, 5) is 16.4. The quantitative estimate of drug-likeness (QED) is 0.938. The van der Waals surface area contributed by atoms with Crippen molar-refractivity contribution in [3.05, 3.63) is 41.0 Å². The summed E-state index contributed by atoms with van der Waals surface area (Å²) in [7, 11) is 0. The van der Waals surface area contributed by atoms with Gasteiger partial charge in [0.1, 0.15) is 5.69 Å². The van der Waals surface area contributed by atoms with Crippen LogP contribution in [-0.2, 0) is 0 Å². The Morgan fingerprint density at radius 2 is 2.25 bits per heavy atom. The number of amides is 1. The Labute approximate surface area is 122 Å². The molecule has 2 rings (SSSR count). The van der Waals surface area contributed by atoms with Crippen LogP contribution in [0.15, 0.2) is 30.3 Å². The maximum Gasteiger partial charge on any atom is 0.270 e. The van der Waals surface area contributed by atoms with Crippen LogP contribution >= 0.6 is 11.6 Å². The molecule has 4 nitrogen and oxygen atoms in total. The summed E-state index contributed by atoms with van der Waals surface area (Å²) >= 11 is 6.17. The summed E-state index contributed by atoms with van der Waals surface area (Å²) in [6.07, 6.45) is 0.976. The van der Waals surface area contributed by atoms with Crippen molar-refractivity contribution in [2.24, 2.45) is 0 Å². The van der Waals surface area contributed by atoms with E-state index in [1.54, 1.807) is 6.07 Å². The molecule has 1 heterocycles. The highest BCUT2D eigenvalue weighted by Crippen LogP contribution is 2.22. The predicted molar refractivity (Wildman–Crippen MR) is 78.5 cm³/mol. The number of hydrogen-bond acceptors (Lipinski definition) is 3. The number of carbonyl (C=O) groups is 1. The average Bonchev–Trinajstić information content (AvgIpc) is 2.46. The molecule has 1 unspecified atom stereocenters. The van der Waals surface area contributed by atoms with Gasteiger partial charge in [0.05, 0.1) is 23.0 Å². The van der Waals surface area contributed by atoms with Crippen LogP contribution in [0.4, 0.5) is 0 Å². The molecular formula is C15H14ClN3O. The van der Waals surface area contributed by atoms with Crippen LogP contribution in [0.5, 0.6) is 0 Å². The van der Waals surface area contributed by atoms with Gasteiger partial charge in [-0.2, -0.15) is 5.26 Å². The Morgan fingerprint density at radius 3 is 2.95 bits per heavy atom. The number of nitrogens with zero attached hydrogens (tertiary/aromatic N) is 2. The minimum absolute atomic E-state index is 0.167. The number of hydrogen-bond donors (Lipinski definition) is 1. The van der Waals surface area contributed by atoms with Crippen molar-refractivity contribution < 1.29 is 4.79 Å². The van der Waals surface area contributed by atoms with Crippen LogP contribution < -0.4 is 5.32 Å². The SMILES string of the molecule is CCC(CC#N)NC(=O)c1cc(Cl)c2ccccc2n1. The molecule has 1 aromatic heterocycles. The second kappa shape index (κ2) is 6.36. The van der Waals surface area contributed by atoms with Crippen molar-refractivity contribution in [1.29, 1.82) is 5.26 Å². The van der Waals surface area contributed by atoms with Crippen LogP contribution in [0.2, 0.25) is 5.02 Å². The highest BCUT2D eigenvalue weighted by atomic mass is 35.5. The molecule has 102 valence electrons. The lowest BCUT2D eigenvalue weighted by molar-refractivity contribution is 0.0932. The molecule has 0 saturated heterocycles. The molecule has 1 amide bonds. The smallest absolute Gasteiger partial charge is 0.270 e. The largest absolute Gasteiger partial charge is 0.347 e. The zero-order valence-corrected chi connectivity index (χ0v) is 11.8. The molecule has 0 bridgehead atoms. The molecule has 0 radical (unpaired) electrons. The monoisotopic (exact) mass is 287 g/mol. The fraction of sp³-hybridized carbons (Fsp3) is 0.267. The van der Waals surface area contributed by atoms with Crippen molar-refractivity contribution in [1.82, 2.24) is 10.3 Å². The van der Waals surface area contributed by atoms with Gasteiger partial charge in [0.2, 0.25) is 0 Å². The number of rotatable bonds is 4. The predicted octanol–water partition coefficient (Wildman–Crippen LogP) is 3.31. The molecule has 0 aliphatic carbocycles. The normalized spacial score (nSPS) is 11.8. The van der Waals surface area contributed by atoms with Crippen LogP contribution in [-0.4, -0.2) is 16.9 Å². The highest BCUT2D eigenvalue weighted by Gasteiger charge is 2.15. The first-order valence-electron chi connectivity index (χ1n) is 6.38. The standard InChI is InChI=1S/C15H14ClN3O/c1-2-10(7-8-17)18-15(20)14-9-12(16)11-5-3-4-6-13(11)19-14/h3-6,9-10H,2,7H2,1H3,(H,18,20). The minimum Gasteiger partial charge on any atom is -0.347 e. The molecule has 1 aromatic carbocycles. The van der Waals surface area contributed by atoms with Gasteiger partial charge in [-0.1, -0.05) is 36.7 Å². The van der Waals surface area contributed by atoms with Crippen molar-refractivity contribution in [2.75, 3.05) is 0 Å². The van der Waals surface area contributed by atoms with Crippen LogP contribution in [0, 0.1) is 11.3 Å². The Hall–Kier alpha value is -2.12. The first-order valence-corrected chi connectivity index (χ1v) is 6.76. The van der Waals surface area contributed by atoms with E-state index >= 15 is 0 Å². The molecule has 2 aromatic rings. The number of carbonyl (C=O) groups excluding carboxylic acids is 1. The second-order valence-electron chi connectivity index (χ2n) is 4.45. The van der Waals surface area contributed by atoms with Gasteiger partial charge in [0.15, 0.2) is 0 Å². The Balaban J connectivity index is 2.29. The first kappa shape index (κ1) is 14.3. The van der Waals surface area contributed by atoms with Crippen molar-refractivity contribution in [2.45, 2.75) is 25.8 Å². The van der Waals surface area contributed by atoms with Crippen LogP contribution in [0.3, 0.4) is 0 Å². The number of halogens is 1. The lowest BCUT2D eigenvalue weighted by atomic mass is 10.1. The minimum atomic E-state index is -0.306. The topological polar surface area (TPSA) is 65.8 Å². The second-order valence-corrected chi connectivity index (χ2v) is 4.85. The Kier molecular flexibility index (Phi) is 4.54. The molecule has 0 aliphatic heterocycles. The van der Waals surface area contributed by atoms with Crippen molar-refractivity contribution >= 4 is 28.4 Å². The summed E-state index contributed by atoms with van der Waals surface area (Å²) in [6, 6.07) is 10.8. The summed E-state index contributed by atoms with van der Waals surface area (Å²) in [6.45, 7) is 1.92. The van der Waals surface area contributed by atoms with E-state index < -0.39 is 0 Å². The average molecular weight is 288 g/mol. The number of fused-ring (bicyclic) bond motifs is 1. The Bertz CT molecular complexity index is 678. The molecule has 0 saturated carbocycles. The van der Waals surface area contributed by atoms with E-state index in [1.165, 1.54) is 0 Å². The first-order chi connectivity index (χ1) is 9.65. The van der Waals surface area contributed by atoms with Gasteiger partial charge in [0.25, 0.3) is 5.91 Å². The van der Waals surface area contributed by atoms with Gasteiger partial charge in [0, 0.05) is 11.4 Å². The molecule has 1 atom stereocenters. The maximum absolute atomic E-state index is 12.1. The van der Waals surface area contributed by atoms with E-state index in [-0.39, 0.29) is 24.1 Å². The highest BCUT2D eigenvalue weighted by molar-refractivity contribution is 6.35. The van der Waals surface area contributed by atoms with E-state index in [0.29, 0.717) is 17.0 Å². The number of aromatic nitrogens is 1. The fourth-order valence-corrected chi connectivity index (χ4v) is 2.18. The van der Waals surface area contributed by atoms with Gasteiger partial charge in [-0.3, -0.25) is 4.79 Å². The molecule has 20 heavy (non-hydrogen) atoms. The lowest BCUT2D eigenvalue weighted by Crippen LogP contribution is -2.34. The van der Waals surface area contributed by atoms with Gasteiger partial charge in [-0.25, -0.2) is 4.98 Å². The summed E-state index contributed by atoms with van der Waals surface area (Å²) < 4.78 is 0. The summed E-state index contributed by atoms with van der Waals surface area (Å²) in [5, 5.41) is 12.8. The van der Waals surface area contributed by atoms with E-state index in [1.807, 2.05) is 31.2 Å². The number of para-hydroxylation sites is 1. The van der Waals surface area contributed by atoms with E-state index in [2.05, 4.69) is 16.4 Å².